The second kappa shape index (κ2) is 7.99. The zero-order valence-corrected chi connectivity index (χ0v) is 14.9. The fourth-order valence-corrected chi connectivity index (χ4v) is 2.35. The van der Waals surface area contributed by atoms with Gasteiger partial charge in [-0.15, -0.1) is 5.10 Å². The van der Waals surface area contributed by atoms with E-state index in [4.69, 9.17) is 9.47 Å². The molecule has 146 valence electrons. The number of benzene rings is 2. The molecule has 3 aromatic rings. The molecule has 10 heteroatoms. The van der Waals surface area contributed by atoms with E-state index in [9.17, 15) is 13.2 Å². The number of ether oxygens (including phenoxy) is 2. The van der Waals surface area contributed by atoms with Crippen LogP contribution in [0.3, 0.4) is 0 Å². The Morgan fingerprint density at radius 2 is 1.54 bits per heavy atom. The summed E-state index contributed by atoms with van der Waals surface area (Å²) >= 11 is 0. The number of hydrogen-bond donors (Lipinski definition) is 2. The summed E-state index contributed by atoms with van der Waals surface area (Å²) in [5, 5.41) is 13.5. The molecule has 0 unspecified atom stereocenters. The van der Waals surface area contributed by atoms with Crippen LogP contribution in [0.1, 0.15) is 5.56 Å². The van der Waals surface area contributed by atoms with Crippen LogP contribution >= 0.6 is 0 Å². The Balaban J connectivity index is 1.74. The average molecular weight is 391 g/mol. The van der Waals surface area contributed by atoms with E-state index in [1.807, 2.05) is 0 Å². The third-order valence-corrected chi connectivity index (χ3v) is 3.68. The molecule has 0 atom stereocenters. The Morgan fingerprint density at radius 3 is 2.18 bits per heavy atom. The van der Waals surface area contributed by atoms with Crippen LogP contribution < -0.4 is 20.1 Å². The van der Waals surface area contributed by atoms with Crippen LogP contribution in [-0.4, -0.2) is 29.4 Å². The molecule has 1 heterocycles. The van der Waals surface area contributed by atoms with Gasteiger partial charge in [-0.2, -0.15) is 23.3 Å². The summed E-state index contributed by atoms with van der Waals surface area (Å²) in [7, 11) is 3.07. The van der Waals surface area contributed by atoms with Crippen LogP contribution in [0.15, 0.2) is 48.7 Å². The minimum Gasteiger partial charge on any atom is -0.493 e. The molecular weight excluding hydrogens is 375 g/mol. The Morgan fingerprint density at radius 1 is 0.857 bits per heavy atom. The number of halogens is 3. The highest BCUT2D eigenvalue weighted by molar-refractivity contribution is 5.62. The van der Waals surface area contributed by atoms with Gasteiger partial charge in [0.15, 0.2) is 17.3 Å². The highest BCUT2D eigenvalue weighted by Gasteiger charge is 2.29. The van der Waals surface area contributed by atoms with Gasteiger partial charge in [0.1, 0.15) is 0 Å². The summed E-state index contributed by atoms with van der Waals surface area (Å²) in [6.07, 6.45) is -2.98. The summed E-state index contributed by atoms with van der Waals surface area (Å²) < 4.78 is 48.3. The topological polar surface area (TPSA) is 81.2 Å². The summed E-state index contributed by atoms with van der Waals surface area (Å²) in [6.45, 7) is 0. The van der Waals surface area contributed by atoms with Crippen LogP contribution in [0.5, 0.6) is 11.5 Å². The van der Waals surface area contributed by atoms with Crippen LogP contribution in [-0.2, 0) is 6.18 Å². The number of anilines is 4. The highest BCUT2D eigenvalue weighted by Crippen LogP contribution is 2.31. The van der Waals surface area contributed by atoms with Gasteiger partial charge in [0.05, 0.1) is 26.0 Å². The van der Waals surface area contributed by atoms with Gasteiger partial charge in [-0.25, -0.2) is 0 Å². The quantitative estimate of drug-likeness (QED) is 0.645. The van der Waals surface area contributed by atoms with Crippen molar-refractivity contribution in [3.63, 3.8) is 0 Å². The molecular formula is C18H16F3N5O2. The Kier molecular flexibility index (Phi) is 5.48. The largest absolute Gasteiger partial charge is 0.493 e. The molecule has 0 radical (unpaired) electrons. The lowest BCUT2D eigenvalue weighted by molar-refractivity contribution is -0.137. The van der Waals surface area contributed by atoms with Gasteiger partial charge < -0.3 is 20.1 Å². The lowest BCUT2D eigenvalue weighted by Gasteiger charge is -2.11. The lowest BCUT2D eigenvalue weighted by atomic mass is 10.2. The van der Waals surface area contributed by atoms with Crippen LogP contribution in [0.25, 0.3) is 0 Å². The van der Waals surface area contributed by atoms with Crippen LogP contribution in [0, 0.1) is 0 Å². The number of nitrogens with zero attached hydrogens (tertiary/aromatic N) is 3. The number of rotatable bonds is 6. The van der Waals surface area contributed by atoms with Gasteiger partial charge in [0.2, 0.25) is 5.95 Å². The minimum atomic E-state index is -4.39. The molecule has 0 bridgehead atoms. The van der Waals surface area contributed by atoms with Gasteiger partial charge in [-0.05, 0) is 36.4 Å². The average Bonchev–Trinajstić information content (AvgIpc) is 2.68. The molecule has 2 N–H and O–H groups in total. The zero-order valence-electron chi connectivity index (χ0n) is 14.9. The van der Waals surface area contributed by atoms with Gasteiger partial charge in [-0.3, -0.25) is 0 Å². The Bertz CT molecular complexity index is 949. The Hall–Kier alpha value is -3.56. The van der Waals surface area contributed by atoms with Crippen molar-refractivity contribution < 1.29 is 22.6 Å². The van der Waals surface area contributed by atoms with Crippen molar-refractivity contribution in [2.24, 2.45) is 0 Å². The first-order valence-electron chi connectivity index (χ1n) is 8.02. The van der Waals surface area contributed by atoms with Crippen LogP contribution in [0.4, 0.5) is 36.3 Å². The smallest absolute Gasteiger partial charge is 0.416 e. The predicted molar refractivity (Wildman–Crippen MR) is 97.4 cm³/mol. The number of aromatic nitrogens is 3. The fourth-order valence-electron chi connectivity index (χ4n) is 2.35. The molecule has 0 saturated heterocycles. The molecule has 0 spiro atoms. The molecule has 0 aliphatic carbocycles. The van der Waals surface area contributed by atoms with E-state index >= 15 is 0 Å². The second-order valence-electron chi connectivity index (χ2n) is 5.56. The van der Waals surface area contributed by atoms with Gasteiger partial charge >= 0.3 is 6.18 Å². The molecule has 0 aliphatic heterocycles. The molecule has 0 fully saturated rings. The fraction of sp³-hybridized carbons (Fsp3) is 0.167. The number of nitrogens with one attached hydrogen (secondary N) is 2. The monoisotopic (exact) mass is 391 g/mol. The number of hydrogen-bond acceptors (Lipinski definition) is 7. The molecule has 3 rings (SSSR count). The standard InChI is InChI=1S/C18H16F3N5O2/c1-27-14-8-7-13(9-15(14)28-2)23-16-10-22-26-17(25-16)24-12-5-3-11(4-6-12)18(19,20)21/h3-10H,1-2H3,(H2,23,24,25,26). The van der Waals surface area contributed by atoms with Gasteiger partial charge in [0.25, 0.3) is 0 Å². The van der Waals surface area contributed by atoms with Gasteiger partial charge in [0, 0.05) is 17.4 Å². The molecule has 0 aliphatic rings. The van der Waals surface area contributed by atoms with E-state index in [0.29, 0.717) is 28.7 Å². The van der Waals surface area contributed by atoms with E-state index in [0.717, 1.165) is 12.1 Å². The lowest BCUT2D eigenvalue weighted by Crippen LogP contribution is -2.05. The van der Waals surface area contributed by atoms with E-state index in [-0.39, 0.29) is 5.95 Å². The SMILES string of the molecule is COc1ccc(Nc2cnnc(Nc3ccc(C(F)(F)F)cc3)n2)cc1OC. The van der Waals surface area contributed by atoms with Crippen molar-refractivity contribution in [1.82, 2.24) is 15.2 Å². The predicted octanol–water partition coefficient (Wildman–Crippen LogP) is 4.39. The van der Waals surface area contributed by atoms with Crippen molar-refractivity contribution in [2.75, 3.05) is 24.9 Å². The first-order valence-corrected chi connectivity index (χ1v) is 8.02. The molecule has 7 nitrogen and oxygen atoms in total. The van der Waals surface area contributed by atoms with Crippen molar-refractivity contribution in [2.45, 2.75) is 6.18 Å². The molecule has 1 aromatic heterocycles. The van der Waals surface area contributed by atoms with E-state index in [2.05, 4.69) is 25.8 Å². The maximum atomic E-state index is 12.6. The summed E-state index contributed by atoms with van der Waals surface area (Å²) in [5.41, 5.74) is 0.345. The molecule has 0 saturated carbocycles. The van der Waals surface area contributed by atoms with Gasteiger partial charge in [-0.1, -0.05) is 0 Å². The maximum absolute atomic E-state index is 12.6. The summed E-state index contributed by atoms with van der Waals surface area (Å²) in [4.78, 5) is 4.24. The summed E-state index contributed by atoms with van der Waals surface area (Å²) in [6, 6.07) is 9.76. The number of alkyl halides is 3. The van der Waals surface area contributed by atoms with Crippen molar-refractivity contribution >= 4 is 23.1 Å². The third-order valence-electron chi connectivity index (χ3n) is 3.68. The number of methoxy groups -OCH3 is 2. The first-order chi connectivity index (χ1) is 13.4. The van der Waals surface area contributed by atoms with Crippen LogP contribution in [0.2, 0.25) is 0 Å². The highest BCUT2D eigenvalue weighted by atomic mass is 19.4. The maximum Gasteiger partial charge on any atom is 0.416 e. The minimum absolute atomic E-state index is 0.130. The van der Waals surface area contributed by atoms with Crippen molar-refractivity contribution in [1.29, 1.82) is 0 Å². The van der Waals surface area contributed by atoms with E-state index < -0.39 is 11.7 Å². The van der Waals surface area contributed by atoms with Crippen molar-refractivity contribution in [3.8, 4) is 11.5 Å². The van der Waals surface area contributed by atoms with E-state index in [1.54, 1.807) is 25.3 Å². The Labute approximate surface area is 158 Å². The van der Waals surface area contributed by atoms with E-state index in [1.165, 1.54) is 25.4 Å². The normalized spacial score (nSPS) is 11.0. The third kappa shape index (κ3) is 4.58. The summed E-state index contributed by atoms with van der Waals surface area (Å²) in [5.74, 6) is 1.64. The second-order valence-corrected chi connectivity index (χ2v) is 5.56. The first kappa shape index (κ1) is 19.2. The molecule has 28 heavy (non-hydrogen) atoms. The molecule has 0 amide bonds. The zero-order chi connectivity index (χ0) is 20.1. The van der Waals surface area contributed by atoms with Crippen molar-refractivity contribution in [3.05, 3.63) is 54.2 Å². The molecule has 2 aromatic carbocycles.